The molecule has 30 heavy (non-hydrogen) atoms. The van der Waals surface area contributed by atoms with Crippen molar-refractivity contribution in [3.8, 4) is 17.2 Å². The minimum Gasteiger partial charge on any atom is -0.492 e. The van der Waals surface area contributed by atoms with E-state index in [-0.39, 0.29) is 11.4 Å². The van der Waals surface area contributed by atoms with Crippen molar-refractivity contribution in [2.45, 2.75) is 12.3 Å². The number of ether oxygens (including phenoxy) is 2. The van der Waals surface area contributed by atoms with Crippen LogP contribution in [0, 0.1) is 0 Å². The zero-order chi connectivity index (χ0) is 20.8. The Morgan fingerprint density at radius 1 is 1.03 bits per heavy atom. The summed E-state index contributed by atoms with van der Waals surface area (Å²) in [5.41, 5.74) is 1.72. The maximum Gasteiger partial charge on any atom is 0.323 e. The Labute approximate surface area is 181 Å². The van der Waals surface area contributed by atoms with Crippen molar-refractivity contribution in [2.24, 2.45) is 0 Å². The van der Waals surface area contributed by atoms with Crippen LogP contribution in [-0.4, -0.2) is 29.8 Å². The fraction of sp³-hybridized carbons (Fsp3) is 0.208. The molecule has 0 saturated carbocycles. The molecule has 154 valence electrons. The van der Waals surface area contributed by atoms with Gasteiger partial charge in [-0.1, -0.05) is 42.5 Å². The predicted molar refractivity (Wildman–Crippen MR) is 121 cm³/mol. The van der Waals surface area contributed by atoms with Crippen molar-refractivity contribution in [1.82, 2.24) is 4.90 Å². The van der Waals surface area contributed by atoms with Crippen LogP contribution in [0.25, 0.3) is 0 Å². The lowest BCUT2D eigenvalue weighted by molar-refractivity contribution is 0.214. The number of carbonyl (C=O) groups is 1. The van der Waals surface area contributed by atoms with Gasteiger partial charge in [-0.3, -0.25) is 0 Å². The molecule has 1 heterocycles. The summed E-state index contributed by atoms with van der Waals surface area (Å²) in [6.45, 7) is 3.15. The van der Waals surface area contributed by atoms with Gasteiger partial charge in [0.25, 0.3) is 0 Å². The Morgan fingerprint density at radius 2 is 1.80 bits per heavy atom. The number of nitrogens with zero attached hydrogens (tertiary/aromatic N) is 1. The van der Waals surface area contributed by atoms with Crippen molar-refractivity contribution < 1.29 is 14.3 Å². The first-order chi connectivity index (χ1) is 14.7. The Bertz CT molecular complexity index is 997. The highest BCUT2D eigenvalue weighted by molar-refractivity contribution is 7.99. The molecular weight excluding hydrogens is 396 g/mol. The summed E-state index contributed by atoms with van der Waals surface area (Å²) in [6, 6.07) is 25.0. The molecule has 1 saturated heterocycles. The number of rotatable bonds is 6. The van der Waals surface area contributed by atoms with Gasteiger partial charge in [-0.15, -0.1) is 11.8 Å². The molecule has 0 aliphatic carbocycles. The first-order valence-corrected chi connectivity index (χ1v) is 11.0. The molecule has 4 rings (SSSR count). The molecule has 1 unspecified atom stereocenters. The van der Waals surface area contributed by atoms with Gasteiger partial charge in [0.2, 0.25) is 0 Å². The number of amides is 2. The average molecular weight is 421 g/mol. The van der Waals surface area contributed by atoms with Gasteiger partial charge >= 0.3 is 6.03 Å². The molecule has 1 atom stereocenters. The smallest absolute Gasteiger partial charge is 0.323 e. The number of hydrogen-bond acceptors (Lipinski definition) is 4. The fourth-order valence-electron chi connectivity index (χ4n) is 3.35. The van der Waals surface area contributed by atoms with Gasteiger partial charge in [0.05, 0.1) is 12.3 Å². The summed E-state index contributed by atoms with van der Waals surface area (Å²) in [5.74, 6) is 3.11. The summed E-state index contributed by atoms with van der Waals surface area (Å²) >= 11 is 1.75. The normalized spacial score (nSPS) is 15.6. The van der Waals surface area contributed by atoms with E-state index in [4.69, 9.17) is 9.47 Å². The predicted octanol–water partition coefficient (Wildman–Crippen LogP) is 6.16. The SMILES string of the molecule is CCOc1ccccc1NC(=O)N1CCSC1c1cccc(Oc2ccccc2)c1. The van der Waals surface area contributed by atoms with Crippen molar-refractivity contribution in [3.63, 3.8) is 0 Å². The molecule has 3 aromatic carbocycles. The third kappa shape index (κ3) is 4.71. The Kier molecular flexibility index (Phi) is 6.44. The molecule has 0 aromatic heterocycles. The van der Waals surface area contributed by atoms with Crippen molar-refractivity contribution in [1.29, 1.82) is 0 Å². The van der Waals surface area contributed by atoms with Crippen LogP contribution >= 0.6 is 11.8 Å². The van der Waals surface area contributed by atoms with E-state index in [2.05, 4.69) is 5.32 Å². The molecular formula is C24H24N2O3S. The zero-order valence-corrected chi connectivity index (χ0v) is 17.6. The number of urea groups is 1. The standard InChI is InChI=1S/C24H24N2O3S/c1-2-28-22-14-7-6-13-21(22)25-24(27)26-15-16-30-23(26)18-9-8-12-20(17-18)29-19-10-4-3-5-11-19/h3-14,17,23H,2,15-16H2,1H3,(H,25,27). The van der Waals surface area contributed by atoms with Crippen LogP contribution in [0.4, 0.5) is 10.5 Å². The third-order valence-electron chi connectivity index (χ3n) is 4.70. The molecule has 0 bridgehead atoms. The molecule has 3 aromatic rings. The van der Waals surface area contributed by atoms with Crippen LogP contribution in [-0.2, 0) is 0 Å². The molecule has 5 nitrogen and oxygen atoms in total. The Morgan fingerprint density at radius 3 is 2.63 bits per heavy atom. The quantitative estimate of drug-likeness (QED) is 0.519. The van der Waals surface area contributed by atoms with E-state index in [1.165, 1.54) is 0 Å². The number of anilines is 1. The van der Waals surface area contributed by atoms with Crippen LogP contribution in [0.1, 0.15) is 17.9 Å². The van der Waals surface area contributed by atoms with E-state index in [9.17, 15) is 4.79 Å². The molecule has 1 aliphatic rings. The van der Waals surface area contributed by atoms with E-state index < -0.39 is 0 Å². The lowest BCUT2D eigenvalue weighted by Crippen LogP contribution is -2.34. The highest BCUT2D eigenvalue weighted by Crippen LogP contribution is 2.40. The van der Waals surface area contributed by atoms with Crippen molar-refractivity contribution in [3.05, 3.63) is 84.4 Å². The van der Waals surface area contributed by atoms with Crippen LogP contribution in [0.15, 0.2) is 78.9 Å². The van der Waals surface area contributed by atoms with Crippen LogP contribution in [0.5, 0.6) is 17.2 Å². The molecule has 2 amide bonds. The lowest BCUT2D eigenvalue weighted by Gasteiger charge is -2.25. The summed E-state index contributed by atoms with van der Waals surface area (Å²) in [4.78, 5) is 14.9. The first kappa shape index (κ1) is 20.2. The van der Waals surface area contributed by atoms with Crippen LogP contribution < -0.4 is 14.8 Å². The summed E-state index contributed by atoms with van der Waals surface area (Å²) in [6.07, 6.45) is 0. The molecule has 6 heteroatoms. The first-order valence-electron chi connectivity index (χ1n) is 9.98. The minimum atomic E-state index is -0.133. The third-order valence-corrected chi connectivity index (χ3v) is 5.96. The molecule has 0 spiro atoms. The molecule has 1 N–H and O–H groups in total. The molecule has 1 fully saturated rings. The van der Waals surface area contributed by atoms with Gasteiger partial charge in [-0.25, -0.2) is 4.79 Å². The largest absolute Gasteiger partial charge is 0.492 e. The number of hydrogen-bond donors (Lipinski definition) is 1. The number of benzene rings is 3. The number of thioether (sulfide) groups is 1. The maximum atomic E-state index is 13.0. The van der Waals surface area contributed by atoms with Gasteiger partial charge in [0.15, 0.2) is 0 Å². The number of nitrogens with one attached hydrogen (secondary N) is 1. The van der Waals surface area contributed by atoms with E-state index in [0.717, 1.165) is 22.8 Å². The highest BCUT2D eigenvalue weighted by Gasteiger charge is 2.31. The molecule has 0 radical (unpaired) electrons. The van der Waals surface area contributed by atoms with E-state index in [1.54, 1.807) is 11.8 Å². The summed E-state index contributed by atoms with van der Waals surface area (Å²) < 4.78 is 11.6. The van der Waals surface area contributed by atoms with Gasteiger partial charge < -0.3 is 19.7 Å². The van der Waals surface area contributed by atoms with E-state index in [0.29, 0.717) is 24.6 Å². The average Bonchev–Trinajstić information content (AvgIpc) is 3.26. The maximum absolute atomic E-state index is 13.0. The number of carbonyl (C=O) groups excluding carboxylic acids is 1. The van der Waals surface area contributed by atoms with Crippen molar-refractivity contribution in [2.75, 3.05) is 24.2 Å². The summed E-state index contributed by atoms with van der Waals surface area (Å²) in [7, 11) is 0. The van der Waals surface area contributed by atoms with E-state index >= 15 is 0 Å². The second kappa shape index (κ2) is 9.59. The van der Waals surface area contributed by atoms with Gasteiger partial charge in [0, 0.05) is 12.3 Å². The second-order valence-corrected chi connectivity index (χ2v) is 7.95. The Hall–Kier alpha value is -3.12. The van der Waals surface area contributed by atoms with Gasteiger partial charge in [0.1, 0.15) is 22.6 Å². The highest BCUT2D eigenvalue weighted by atomic mass is 32.2. The Balaban J connectivity index is 1.50. The second-order valence-electron chi connectivity index (χ2n) is 6.76. The fourth-order valence-corrected chi connectivity index (χ4v) is 4.59. The van der Waals surface area contributed by atoms with E-state index in [1.807, 2.05) is 90.7 Å². The molecule has 1 aliphatic heterocycles. The number of para-hydroxylation sites is 3. The topological polar surface area (TPSA) is 50.8 Å². The van der Waals surface area contributed by atoms with Gasteiger partial charge in [-0.05, 0) is 48.9 Å². The van der Waals surface area contributed by atoms with Crippen LogP contribution in [0.3, 0.4) is 0 Å². The van der Waals surface area contributed by atoms with Crippen molar-refractivity contribution >= 4 is 23.5 Å². The zero-order valence-electron chi connectivity index (χ0n) is 16.8. The lowest BCUT2D eigenvalue weighted by atomic mass is 10.2. The minimum absolute atomic E-state index is 0.0661. The van der Waals surface area contributed by atoms with Crippen LogP contribution in [0.2, 0.25) is 0 Å². The summed E-state index contributed by atoms with van der Waals surface area (Å²) in [5, 5.41) is 2.94. The monoisotopic (exact) mass is 420 g/mol. The van der Waals surface area contributed by atoms with Gasteiger partial charge in [-0.2, -0.15) is 0 Å².